The minimum atomic E-state index is -0.351. The number of amides is 1. The molecule has 0 aromatic carbocycles. The second-order valence-corrected chi connectivity index (χ2v) is 7.10. The molecule has 122 valence electrons. The van der Waals surface area contributed by atoms with Gasteiger partial charge in [0.25, 0.3) is 0 Å². The summed E-state index contributed by atoms with van der Waals surface area (Å²) in [7, 11) is 0. The van der Waals surface area contributed by atoms with Crippen LogP contribution in [0, 0.1) is 5.41 Å². The van der Waals surface area contributed by atoms with Gasteiger partial charge in [-0.1, -0.05) is 20.8 Å². The van der Waals surface area contributed by atoms with Gasteiger partial charge in [0, 0.05) is 43.0 Å². The molecule has 0 spiro atoms. The lowest BCUT2D eigenvalue weighted by Crippen LogP contribution is -2.44. The first kappa shape index (κ1) is 15.6. The Kier molecular flexibility index (Phi) is 4.15. The molecule has 6 nitrogen and oxygen atoms in total. The van der Waals surface area contributed by atoms with Crippen molar-refractivity contribution in [2.45, 2.75) is 39.5 Å². The molecule has 1 saturated heterocycles. The third-order valence-electron chi connectivity index (χ3n) is 4.22. The molecule has 1 fully saturated rings. The van der Waals surface area contributed by atoms with Gasteiger partial charge in [-0.3, -0.25) is 19.9 Å². The maximum absolute atomic E-state index is 12.6. The Bertz CT molecular complexity index is 675. The molecule has 1 aliphatic rings. The SMILES string of the molecule is CC(C)(C)C(=O)N1CCC[C@H](c2nccnc2-c2ccn[nH]2)C1. The van der Waals surface area contributed by atoms with E-state index in [-0.39, 0.29) is 17.2 Å². The van der Waals surface area contributed by atoms with E-state index in [0.717, 1.165) is 36.5 Å². The van der Waals surface area contributed by atoms with Crippen LogP contribution in [0.15, 0.2) is 24.7 Å². The summed E-state index contributed by atoms with van der Waals surface area (Å²) in [5.41, 5.74) is 2.30. The summed E-state index contributed by atoms with van der Waals surface area (Å²) >= 11 is 0. The normalized spacial score (nSPS) is 18.9. The van der Waals surface area contributed by atoms with Crippen molar-refractivity contribution in [1.82, 2.24) is 25.1 Å². The molecule has 3 heterocycles. The highest BCUT2D eigenvalue weighted by Crippen LogP contribution is 2.32. The van der Waals surface area contributed by atoms with Gasteiger partial charge in [0.2, 0.25) is 5.91 Å². The van der Waals surface area contributed by atoms with E-state index in [4.69, 9.17) is 0 Å². The molecule has 0 radical (unpaired) electrons. The standard InChI is InChI=1S/C17H23N5O/c1-17(2,3)16(23)22-10-4-5-12(11-22)14-15(19-9-8-18-14)13-6-7-20-21-13/h6-9,12H,4-5,10-11H2,1-3H3,(H,20,21)/t12-/m0/s1. The van der Waals surface area contributed by atoms with E-state index in [1.54, 1.807) is 18.6 Å². The van der Waals surface area contributed by atoms with E-state index in [1.807, 2.05) is 31.7 Å². The van der Waals surface area contributed by atoms with Crippen LogP contribution in [-0.2, 0) is 4.79 Å². The molecule has 1 aliphatic heterocycles. The summed E-state index contributed by atoms with van der Waals surface area (Å²) in [6, 6.07) is 1.90. The molecular formula is C17H23N5O. The van der Waals surface area contributed by atoms with Crippen LogP contribution in [0.2, 0.25) is 0 Å². The van der Waals surface area contributed by atoms with Crippen molar-refractivity contribution in [3.8, 4) is 11.4 Å². The number of hydrogen-bond donors (Lipinski definition) is 1. The van der Waals surface area contributed by atoms with Crippen molar-refractivity contribution in [2.75, 3.05) is 13.1 Å². The van der Waals surface area contributed by atoms with E-state index in [9.17, 15) is 4.79 Å². The Labute approximate surface area is 136 Å². The summed E-state index contributed by atoms with van der Waals surface area (Å²) in [5.74, 6) is 0.413. The summed E-state index contributed by atoms with van der Waals surface area (Å²) in [5, 5.41) is 6.96. The average Bonchev–Trinajstić information content (AvgIpc) is 3.08. The van der Waals surface area contributed by atoms with Gasteiger partial charge < -0.3 is 4.90 Å². The largest absolute Gasteiger partial charge is 0.342 e. The highest BCUT2D eigenvalue weighted by Gasteiger charge is 2.33. The fourth-order valence-corrected chi connectivity index (χ4v) is 3.10. The number of carbonyl (C=O) groups excluding carboxylic acids is 1. The number of carbonyl (C=O) groups is 1. The van der Waals surface area contributed by atoms with Crippen LogP contribution in [0.1, 0.15) is 45.2 Å². The van der Waals surface area contributed by atoms with Crippen LogP contribution < -0.4 is 0 Å². The number of aromatic nitrogens is 4. The van der Waals surface area contributed by atoms with Crippen molar-refractivity contribution >= 4 is 5.91 Å². The number of rotatable bonds is 2. The first-order valence-electron chi connectivity index (χ1n) is 8.07. The van der Waals surface area contributed by atoms with Gasteiger partial charge >= 0.3 is 0 Å². The molecule has 2 aromatic rings. The first-order chi connectivity index (χ1) is 11.0. The van der Waals surface area contributed by atoms with E-state index >= 15 is 0 Å². The van der Waals surface area contributed by atoms with Gasteiger partial charge in [-0.2, -0.15) is 5.10 Å². The quantitative estimate of drug-likeness (QED) is 0.925. The lowest BCUT2D eigenvalue weighted by molar-refractivity contribution is -0.140. The van der Waals surface area contributed by atoms with Crippen molar-refractivity contribution in [2.24, 2.45) is 5.41 Å². The van der Waals surface area contributed by atoms with Crippen LogP contribution in [0.5, 0.6) is 0 Å². The summed E-state index contributed by atoms with van der Waals surface area (Å²) in [6.07, 6.45) is 7.14. The molecular weight excluding hydrogens is 290 g/mol. The Morgan fingerprint density at radius 2 is 2.04 bits per heavy atom. The van der Waals surface area contributed by atoms with E-state index < -0.39 is 0 Å². The smallest absolute Gasteiger partial charge is 0.227 e. The van der Waals surface area contributed by atoms with Gasteiger partial charge in [-0.15, -0.1) is 0 Å². The zero-order valence-electron chi connectivity index (χ0n) is 13.9. The molecule has 0 aliphatic carbocycles. The number of piperidine rings is 1. The molecule has 3 rings (SSSR count). The number of aromatic amines is 1. The summed E-state index contributed by atoms with van der Waals surface area (Å²) < 4.78 is 0. The number of hydrogen-bond acceptors (Lipinski definition) is 4. The molecule has 1 atom stereocenters. The topological polar surface area (TPSA) is 74.8 Å². The highest BCUT2D eigenvalue weighted by atomic mass is 16.2. The summed E-state index contributed by atoms with van der Waals surface area (Å²) in [6.45, 7) is 7.44. The number of likely N-dealkylation sites (tertiary alicyclic amines) is 1. The predicted octanol–water partition coefficient (Wildman–Crippen LogP) is 2.62. The van der Waals surface area contributed by atoms with Gasteiger partial charge in [0.05, 0.1) is 11.4 Å². The Hall–Kier alpha value is -2.24. The Morgan fingerprint density at radius 3 is 2.74 bits per heavy atom. The third kappa shape index (κ3) is 3.25. The number of H-pyrrole nitrogens is 1. The Balaban J connectivity index is 1.87. The maximum atomic E-state index is 12.6. The van der Waals surface area contributed by atoms with Crippen LogP contribution >= 0.6 is 0 Å². The van der Waals surface area contributed by atoms with Crippen LogP contribution in [-0.4, -0.2) is 44.1 Å². The van der Waals surface area contributed by atoms with Gasteiger partial charge in [-0.25, -0.2) is 0 Å². The minimum Gasteiger partial charge on any atom is -0.342 e. The van der Waals surface area contributed by atoms with Crippen LogP contribution in [0.25, 0.3) is 11.4 Å². The van der Waals surface area contributed by atoms with Gasteiger partial charge in [-0.05, 0) is 18.9 Å². The molecule has 1 amide bonds. The number of nitrogens with zero attached hydrogens (tertiary/aromatic N) is 4. The van der Waals surface area contributed by atoms with Crippen molar-refractivity contribution in [1.29, 1.82) is 0 Å². The highest BCUT2D eigenvalue weighted by molar-refractivity contribution is 5.81. The van der Waals surface area contributed by atoms with Crippen LogP contribution in [0.3, 0.4) is 0 Å². The minimum absolute atomic E-state index is 0.203. The molecule has 0 unspecified atom stereocenters. The molecule has 23 heavy (non-hydrogen) atoms. The van der Waals surface area contributed by atoms with Crippen molar-refractivity contribution in [3.63, 3.8) is 0 Å². The van der Waals surface area contributed by atoms with Crippen molar-refractivity contribution in [3.05, 3.63) is 30.4 Å². The number of nitrogens with one attached hydrogen (secondary N) is 1. The fourth-order valence-electron chi connectivity index (χ4n) is 3.10. The molecule has 1 N–H and O–H groups in total. The zero-order chi connectivity index (χ0) is 16.4. The summed E-state index contributed by atoms with van der Waals surface area (Å²) in [4.78, 5) is 23.6. The van der Waals surface area contributed by atoms with Crippen LogP contribution in [0.4, 0.5) is 0 Å². The van der Waals surface area contributed by atoms with E-state index in [1.165, 1.54) is 0 Å². The maximum Gasteiger partial charge on any atom is 0.227 e. The molecule has 2 aromatic heterocycles. The van der Waals surface area contributed by atoms with E-state index in [2.05, 4.69) is 20.2 Å². The fraction of sp³-hybridized carbons (Fsp3) is 0.529. The average molecular weight is 313 g/mol. The zero-order valence-corrected chi connectivity index (χ0v) is 13.9. The predicted molar refractivity (Wildman–Crippen MR) is 87.6 cm³/mol. The second kappa shape index (κ2) is 6.10. The van der Waals surface area contributed by atoms with Gasteiger partial charge in [0.1, 0.15) is 5.69 Å². The monoisotopic (exact) mass is 313 g/mol. The Morgan fingerprint density at radius 1 is 1.26 bits per heavy atom. The van der Waals surface area contributed by atoms with E-state index in [0.29, 0.717) is 6.54 Å². The lowest BCUT2D eigenvalue weighted by atomic mass is 9.89. The molecule has 0 bridgehead atoms. The van der Waals surface area contributed by atoms with Crippen molar-refractivity contribution < 1.29 is 4.79 Å². The second-order valence-electron chi connectivity index (χ2n) is 7.10. The molecule has 6 heteroatoms. The molecule has 0 saturated carbocycles. The lowest BCUT2D eigenvalue weighted by Gasteiger charge is -2.36. The first-order valence-corrected chi connectivity index (χ1v) is 8.07. The third-order valence-corrected chi connectivity index (χ3v) is 4.22. The van der Waals surface area contributed by atoms with Gasteiger partial charge in [0.15, 0.2) is 0 Å².